The SMILES string of the molecule is CCCc1noc(-c2cccc(CN=C(NCC)N3CCOC(c4cnn(C)c4)C3)c2)n1. The van der Waals surface area contributed by atoms with Gasteiger partial charge in [-0.2, -0.15) is 10.1 Å². The van der Waals surface area contributed by atoms with Crippen LogP contribution in [-0.2, 0) is 24.8 Å². The molecule has 1 aromatic carbocycles. The Kier molecular flexibility index (Phi) is 7.16. The fourth-order valence-corrected chi connectivity index (χ4v) is 3.74. The standard InChI is InChI=1S/C23H31N7O2/c1-4-7-21-27-22(32-28-21)18-9-6-8-17(12-18)13-25-23(24-5-2)30-10-11-31-20(16-30)19-14-26-29(3)15-19/h6,8-9,12,14-15,20H,4-5,7,10-11,13,16H2,1-3H3,(H,24,25). The molecule has 3 heterocycles. The summed E-state index contributed by atoms with van der Waals surface area (Å²) in [5.74, 6) is 2.19. The van der Waals surface area contributed by atoms with Gasteiger partial charge < -0.3 is 19.5 Å². The summed E-state index contributed by atoms with van der Waals surface area (Å²) < 4.78 is 13.2. The number of hydrogen-bond donors (Lipinski definition) is 1. The molecule has 9 heteroatoms. The second-order valence-corrected chi connectivity index (χ2v) is 7.89. The highest BCUT2D eigenvalue weighted by Crippen LogP contribution is 2.22. The molecule has 1 aliphatic heterocycles. The molecule has 170 valence electrons. The summed E-state index contributed by atoms with van der Waals surface area (Å²) in [5.41, 5.74) is 3.09. The normalized spacial score (nSPS) is 17.0. The van der Waals surface area contributed by atoms with Gasteiger partial charge in [0, 0.05) is 43.9 Å². The molecule has 1 saturated heterocycles. The van der Waals surface area contributed by atoms with E-state index >= 15 is 0 Å². The molecule has 1 aliphatic rings. The van der Waals surface area contributed by atoms with Crippen molar-refractivity contribution in [2.45, 2.75) is 39.3 Å². The summed E-state index contributed by atoms with van der Waals surface area (Å²) in [7, 11) is 1.92. The third-order valence-corrected chi connectivity index (χ3v) is 5.32. The second-order valence-electron chi connectivity index (χ2n) is 7.89. The Balaban J connectivity index is 1.47. The lowest BCUT2D eigenvalue weighted by Gasteiger charge is -2.34. The van der Waals surface area contributed by atoms with E-state index in [0.29, 0.717) is 19.0 Å². The van der Waals surface area contributed by atoms with Crippen LogP contribution in [0.15, 0.2) is 46.2 Å². The van der Waals surface area contributed by atoms with Gasteiger partial charge in [-0.1, -0.05) is 24.2 Å². The molecule has 2 aromatic heterocycles. The molecule has 4 rings (SSSR count). The van der Waals surface area contributed by atoms with Crippen LogP contribution in [0.1, 0.15) is 43.3 Å². The Labute approximate surface area is 188 Å². The third-order valence-electron chi connectivity index (χ3n) is 5.32. The van der Waals surface area contributed by atoms with Crippen molar-refractivity contribution in [3.8, 4) is 11.5 Å². The fraction of sp³-hybridized carbons (Fsp3) is 0.478. The van der Waals surface area contributed by atoms with Gasteiger partial charge in [0.25, 0.3) is 5.89 Å². The number of rotatable bonds is 7. The Hall–Kier alpha value is -3.20. The Morgan fingerprint density at radius 1 is 1.31 bits per heavy atom. The van der Waals surface area contributed by atoms with Crippen molar-refractivity contribution < 1.29 is 9.26 Å². The maximum absolute atomic E-state index is 5.98. The van der Waals surface area contributed by atoms with Crippen molar-refractivity contribution in [1.82, 2.24) is 30.1 Å². The number of aromatic nitrogens is 4. The highest BCUT2D eigenvalue weighted by atomic mass is 16.5. The van der Waals surface area contributed by atoms with Gasteiger partial charge in [-0.25, -0.2) is 4.99 Å². The fourth-order valence-electron chi connectivity index (χ4n) is 3.74. The van der Waals surface area contributed by atoms with E-state index < -0.39 is 0 Å². The molecule has 0 saturated carbocycles. The molecule has 1 N–H and O–H groups in total. The van der Waals surface area contributed by atoms with Crippen LogP contribution in [0.2, 0.25) is 0 Å². The van der Waals surface area contributed by atoms with Crippen LogP contribution < -0.4 is 5.32 Å². The van der Waals surface area contributed by atoms with Gasteiger partial charge in [0.05, 0.1) is 25.9 Å². The van der Waals surface area contributed by atoms with Crippen LogP contribution in [0.4, 0.5) is 0 Å². The number of guanidine groups is 1. The summed E-state index contributed by atoms with van der Waals surface area (Å²) in [4.78, 5) is 11.6. The van der Waals surface area contributed by atoms with E-state index in [9.17, 15) is 0 Å². The van der Waals surface area contributed by atoms with E-state index in [0.717, 1.165) is 61.0 Å². The van der Waals surface area contributed by atoms with Crippen LogP contribution >= 0.6 is 0 Å². The molecule has 0 aliphatic carbocycles. The van der Waals surface area contributed by atoms with Gasteiger partial charge in [-0.05, 0) is 31.0 Å². The zero-order chi connectivity index (χ0) is 22.3. The third kappa shape index (κ3) is 5.34. The van der Waals surface area contributed by atoms with Crippen LogP contribution in [0, 0.1) is 0 Å². The second kappa shape index (κ2) is 10.4. The number of nitrogens with zero attached hydrogens (tertiary/aromatic N) is 6. The maximum Gasteiger partial charge on any atom is 0.257 e. The van der Waals surface area contributed by atoms with Crippen LogP contribution in [0.25, 0.3) is 11.5 Å². The monoisotopic (exact) mass is 437 g/mol. The molecular weight excluding hydrogens is 406 g/mol. The highest BCUT2D eigenvalue weighted by Gasteiger charge is 2.25. The molecule has 1 fully saturated rings. The molecule has 1 atom stereocenters. The number of aryl methyl sites for hydroxylation is 2. The molecule has 0 amide bonds. The van der Waals surface area contributed by atoms with Crippen molar-refractivity contribution in [2.75, 3.05) is 26.2 Å². The minimum absolute atomic E-state index is 0.0144. The minimum atomic E-state index is -0.0144. The molecular formula is C23H31N7O2. The quantitative estimate of drug-likeness (QED) is 0.449. The van der Waals surface area contributed by atoms with Gasteiger partial charge in [-0.15, -0.1) is 0 Å². The minimum Gasteiger partial charge on any atom is -0.370 e. The molecule has 9 nitrogen and oxygen atoms in total. The average molecular weight is 438 g/mol. The van der Waals surface area contributed by atoms with E-state index in [1.807, 2.05) is 31.6 Å². The first-order valence-corrected chi connectivity index (χ1v) is 11.2. The number of aliphatic imine (C=N–C) groups is 1. The number of nitrogens with one attached hydrogen (secondary N) is 1. The molecule has 1 unspecified atom stereocenters. The van der Waals surface area contributed by atoms with Crippen molar-refractivity contribution in [3.63, 3.8) is 0 Å². The van der Waals surface area contributed by atoms with Gasteiger partial charge in [0.15, 0.2) is 11.8 Å². The topological polar surface area (TPSA) is 93.6 Å². The largest absolute Gasteiger partial charge is 0.370 e. The van der Waals surface area contributed by atoms with E-state index in [4.69, 9.17) is 14.3 Å². The van der Waals surface area contributed by atoms with Crippen molar-refractivity contribution in [1.29, 1.82) is 0 Å². The van der Waals surface area contributed by atoms with E-state index in [-0.39, 0.29) is 6.10 Å². The lowest BCUT2D eigenvalue weighted by molar-refractivity contribution is -0.00805. The van der Waals surface area contributed by atoms with Gasteiger partial charge >= 0.3 is 0 Å². The van der Waals surface area contributed by atoms with E-state index in [1.54, 1.807) is 4.68 Å². The zero-order valence-electron chi connectivity index (χ0n) is 19.0. The predicted octanol–water partition coefficient (Wildman–Crippen LogP) is 2.96. The first kappa shape index (κ1) is 22.0. The summed E-state index contributed by atoms with van der Waals surface area (Å²) in [6, 6.07) is 8.12. The molecule has 32 heavy (non-hydrogen) atoms. The van der Waals surface area contributed by atoms with Gasteiger partial charge in [0.2, 0.25) is 0 Å². The molecule has 3 aromatic rings. The van der Waals surface area contributed by atoms with Crippen molar-refractivity contribution >= 4 is 5.96 Å². The average Bonchev–Trinajstić information content (AvgIpc) is 3.46. The van der Waals surface area contributed by atoms with E-state index in [2.05, 4.69) is 51.4 Å². The first-order chi connectivity index (χ1) is 15.7. The Bertz CT molecular complexity index is 1040. The predicted molar refractivity (Wildman–Crippen MR) is 122 cm³/mol. The Morgan fingerprint density at radius 2 is 2.22 bits per heavy atom. The van der Waals surface area contributed by atoms with Gasteiger partial charge in [0.1, 0.15) is 6.10 Å². The van der Waals surface area contributed by atoms with Gasteiger partial charge in [-0.3, -0.25) is 4.68 Å². The number of morpholine rings is 1. The molecule has 0 spiro atoms. The summed E-state index contributed by atoms with van der Waals surface area (Å²) in [6.45, 7) is 7.72. The van der Waals surface area contributed by atoms with E-state index in [1.165, 1.54) is 0 Å². The van der Waals surface area contributed by atoms with Crippen LogP contribution in [-0.4, -0.2) is 57.0 Å². The summed E-state index contributed by atoms with van der Waals surface area (Å²) >= 11 is 0. The van der Waals surface area contributed by atoms with Crippen LogP contribution in [0.3, 0.4) is 0 Å². The molecule has 0 bridgehead atoms. The molecule has 0 radical (unpaired) electrons. The Morgan fingerprint density at radius 3 is 3.00 bits per heavy atom. The first-order valence-electron chi connectivity index (χ1n) is 11.2. The zero-order valence-corrected chi connectivity index (χ0v) is 19.0. The number of benzene rings is 1. The highest BCUT2D eigenvalue weighted by molar-refractivity contribution is 5.80. The summed E-state index contributed by atoms with van der Waals surface area (Å²) in [6.07, 6.45) is 5.67. The maximum atomic E-state index is 5.98. The van der Waals surface area contributed by atoms with Crippen molar-refractivity contribution in [2.24, 2.45) is 12.0 Å². The summed E-state index contributed by atoms with van der Waals surface area (Å²) in [5, 5.41) is 11.8. The lowest BCUT2D eigenvalue weighted by atomic mass is 10.1. The smallest absolute Gasteiger partial charge is 0.257 e. The number of ether oxygens (including phenoxy) is 1. The van der Waals surface area contributed by atoms with Crippen LogP contribution in [0.5, 0.6) is 0 Å². The van der Waals surface area contributed by atoms with Crippen molar-refractivity contribution in [3.05, 3.63) is 53.6 Å². The number of hydrogen-bond acceptors (Lipinski definition) is 6. The lowest BCUT2D eigenvalue weighted by Crippen LogP contribution is -2.48.